The van der Waals surface area contributed by atoms with Gasteiger partial charge in [-0.3, -0.25) is 4.90 Å². The van der Waals surface area contributed by atoms with E-state index in [2.05, 4.69) is 53.9 Å². The summed E-state index contributed by atoms with van der Waals surface area (Å²) in [6.07, 6.45) is 0. The van der Waals surface area contributed by atoms with E-state index in [1.165, 1.54) is 11.3 Å². The van der Waals surface area contributed by atoms with E-state index in [-0.39, 0.29) is 0 Å². The summed E-state index contributed by atoms with van der Waals surface area (Å²) in [5.41, 5.74) is 9.49. The molecule has 19 heavy (non-hydrogen) atoms. The number of nitrogen functional groups attached to an aromatic ring is 1. The second-order valence-electron chi connectivity index (χ2n) is 5.64. The first-order valence-electron chi connectivity index (χ1n) is 7.05. The molecule has 0 amide bonds. The van der Waals surface area contributed by atoms with E-state index in [4.69, 9.17) is 5.73 Å². The highest BCUT2D eigenvalue weighted by Gasteiger charge is 2.18. The zero-order chi connectivity index (χ0) is 13.8. The predicted molar refractivity (Wildman–Crippen MR) is 82.8 cm³/mol. The van der Waals surface area contributed by atoms with Gasteiger partial charge in [0, 0.05) is 39.3 Å². The van der Waals surface area contributed by atoms with Crippen LogP contribution in [0, 0.1) is 6.92 Å². The summed E-state index contributed by atoms with van der Waals surface area (Å²) >= 11 is 0. The normalized spacial score (nSPS) is 17.2. The SMILES string of the molecule is Cc1cccc(N2CCN(CCN(C)C)CC2)c1N. The second kappa shape index (κ2) is 6.26. The third-order valence-corrected chi connectivity index (χ3v) is 3.88. The van der Waals surface area contributed by atoms with Crippen LogP contribution in [0.5, 0.6) is 0 Å². The van der Waals surface area contributed by atoms with E-state index in [0.717, 1.165) is 45.0 Å². The average molecular weight is 262 g/mol. The van der Waals surface area contributed by atoms with Crippen molar-refractivity contribution in [2.45, 2.75) is 6.92 Å². The van der Waals surface area contributed by atoms with Gasteiger partial charge in [-0.25, -0.2) is 0 Å². The molecule has 1 saturated heterocycles. The summed E-state index contributed by atoms with van der Waals surface area (Å²) < 4.78 is 0. The minimum absolute atomic E-state index is 0.934. The summed E-state index contributed by atoms with van der Waals surface area (Å²) in [7, 11) is 4.26. The molecule has 1 heterocycles. The van der Waals surface area contributed by atoms with Gasteiger partial charge >= 0.3 is 0 Å². The van der Waals surface area contributed by atoms with Gasteiger partial charge in [-0.15, -0.1) is 0 Å². The summed E-state index contributed by atoms with van der Waals surface area (Å²) in [5, 5.41) is 0. The van der Waals surface area contributed by atoms with Crippen molar-refractivity contribution in [1.82, 2.24) is 9.80 Å². The predicted octanol–water partition coefficient (Wildman–Crippen LogP) is 1.26. The van der Waals surface area contributed by atoms with Crippen LogP contribution in [-0.2, 0) is 0 Å². The van der Waals surface area contributed by atoms with Crippen molar-refractivity contribution >= 4 is 11.4 Å². The Hall–Kier alpha value is -1.26. The molecule has 1 aromatic rings. The lowest BCUT2D eigenvalue weighted by molar-refractivity contribution is 0.229. The zero-order valence-electron chi connectivity index (χ0n) is 12.4. The fraction of sp³-hybridized carbons (Fsp3) is 0.600. The number of likely N-dealkylation sites (N-methyl/N-ethyl adjacent to an activating group) is 1. The molecule has 0 unspecified atom stereocenters. The van der Waals surface area contributed by atoms with E-state index in [9.17, 15) is 0 Å². The molecule has 0 saturated carbocycles. The Morgan fingerprint density at radius 1 is 1.16 bits per heavy atom. The molecule has 1 aliphatic heterocycles. The fourth-order valence-electron chi connectivity index (χ4n) is 2.49. The first-order chi connectivity index (χ1) is 9.08. The van der Waals surface area contributed by atoms with Crippen molar-refractivity contribution in [1.29, 1.82) is 0 Å². The Labute approximate surface area is 116 Å². The topological polar surface area (TPSA) is 35.7 Å². The van der Waals surface area contributed by atoms with Gasteiger partial charge in [0.25, 0.3) is 0 Å². The van der Waals surface area contributed by atoms with E-state index < -0.39 is 0 Å². The molecule has 0 radical (unpaired) electrons. The van der Waals surface area contributed by atoms with Gasteiger partial charge in [0.05, 0.1) is 11.4 Å². The highest BCUT2D eigenvalue weighted by molar-refractivity contribution is 5.71. The number of aryl methyl sites for hydroxylation is 1. The van der Waals surface area contributed by atoms with Crippen LogP contribution in [0.15, 0.2) is 18.2 Å². The number of hydrogen-bond donors (Lipinski definition) is 1. The average Bonchev–Trinajstić information content (AvgIpc) is 2.40. The van der Waals surface area contributed by atoms with Crippen molar-refractivity contribution in [3.63, 3.8) is 0 Å². The van der Waals surface area contributed by atoms with Crippen LogP contribution in [0.4, 0.5) is 11.4 Å². The van der Waals surface area contributed by atoms with Gasteiger partial charge in [0.2, 0.25) is 0 Å². The van der Waals surface area contributed by atoms with Crippen molar-refractivity contribution in [2.24, 2.45) is 0 Å². The molecule has 4 heteroatoms. The molecule has 1 aromatic carbocycles. The third-order valence-electron chi connectivity index (χ3n) is 3.88. The van der Waals surface area contributed by atoms with E-state index in [1.807, 2.05) is 0 Å². The molecule has 2 N–H and O–H groups in total. The Bertz CT molecular complexity index is 409. The Kier molecular flexibility index (Phi) is 4.66. The summed E-state index contributed by atoms with van der Waals surface area (Å²) in [5.74, 6) is 0. The second-order valence-corrected chi connectivity index (χ2v) is 5.64. The maximum absolute atomic E-state index is 6.18. The Balaban J connectivity index is 1.91. The van der Waals surface area contributed by atoms with Crippen LogP contribution in [0.25, 0.3) is 0 Å². The molecule has 0 bridgehead atoms. The molecule has 2 rings (SSSR count). The largest absolute Gasteiger partial charge is 0.397 e. The van der Waals surface area contributed by atoms with E-state index >= 15 is 0 Å². The molecule has 0 atom stereocenters. The van der Waals surface area contributed by atoms with Crippen LogP contribution in [0.3, 0.4) is 0 Å². The fourth-order valence-corrected chi connectivity index (χ4v) is 2.49. The molecular formula is C15H26N4. The van der Waals surface area contributed by atoms with Crippen LogP contribution in [0.1, 0.15) is 5.56 Å². The number of rotatable bonds is 4. The Morgan fingerprint density at radius 2 is 1.84 bits per heavy atom. The van der Waals surface area contributed by atoms with Gasteiger partial charge in [0.1, 0.15) is 0 Å². The lowest BCUT2D eigenvalue weighted by atomic mass is 10.1. The first kappa shape index (κ1) is 14.2. The van der Waals surface area contributed by atoms with Crippen molar-refractivity contribution < 1.29 is 0 Å². The number of para-hydroxylation sites is 1. The first-order valence-corrected chi connectivity index (χ1v) is 7.05. The van der Waals surface area contributed by atoms with Gasteiger partial charge in [-0.2, -0.15) is 0 Å². The quantitative estimate of drug-likeness (QED) is 0.829. The molecule has 1 aliphatic rings. The third kappa shape index (κ3) is 3.61. The number of benzene rings is 1. The van der Waals surface area contributed by atoms with E-state index in [0.29, 0.717) is 0 Å². The number of hydrogen-bond acceptors (Lipinski definition) is 4. The summed E-state index contributed by atoms with van der Waals surface area (Å²) in [6, 6.07) is 6.31. The molecule has 4 nitrogen and oxygen atoms in total. The molecule has 0 spiro atoms. The van der Waals surface area contributed by atoms with Crippen LogP contribution in [0.2, 0.25) is 0 Å². The lowest BCUT2D eigenvalue weighted by Gasteiger charge is -2.37. The van der Waals surface area contributed by atoms with Gasteiger partial charge in [-0.05, 0) is 32.6 Å². The molecule has 106 valence electrons. The lowest BCUT2D eigenvalue weighted by Crippen LogP contribution is -2.48. The smallest absolute Gasteiger partial charge is 0.0603 e. The molecule has 0 aliphatic carbocycles. The number of anilines is 2. The van der Waals surface area contributed by atoms with Gasteiger partial charge < -0.3 is 15.5 Å². The van der Waals surface area contributed by atoms with E-state index in [1.54, 1.807) is 0 Å². The number of nitrogens with zero attached hydrogens (tertiary/aromatic N) is 3. The molecule has 0 aromatic heterocycles. The number of nitrogens with two attached hydrogens (primary N) is 1. The number of piperazine rings is 1. The van der Waals surface area contributed by atoms with Crippen LogP contribution in [-0.4, -0.2) is 63.2 Å². The van der Waals surface area contributed by atoms with Crippen LogP contribution < -0.4 is 10.6 Å². The van der Waals surface area contributed by atoms with Crippen LogP contribution >= 0.6 is 0 Å². The highest BCUT2D eigenvalue weighted by Crippen LogP contribution is 2.26. The minimum Gasteiger partial charge on any atom is -0.397 e. The van der Waals surface area contributed by atoms with Gasteiger partial charge in [-0.1, -0.05) is 12.1 Å². The minimum atomic E-state index is 0.934. The molecule has 1 fully saturated rings. The van der Waals surface area contributed by atoms with Crippen molar-refractivity contribution in [3.05, 3.63) is 23.8 Å². The molecular weight excluding hydrogens is 236 g/mol. The summed E-state index contributed by atoms with van der Waals surface area (Å²) in [6.45, 7) is 8.76. The van der Waals surface area contributed by atoms with Gasteiger partial charge in [0.15, 0.2) is 0 Å². The van der Waals surface area contributed by atoms with Crippen molar-refractivity contribution in [3.8, 4) is 0 Å². The Morgan fingerprint density at radius 3 is 2.47 bits per heavy atom. The zero-order valence-corrected chi connectivity index (χ0v) is 12.4. The van der Waals surface area contributed by atoms with Crippen molar-refractivity contribution in [2.75, 3.05) is 64.0 Å². The highest BCUT2D eigenvalue weighted by atomic mass is 15.3. The maximum atomic E-state index is 6.18. The summed E-state index contributed by atoms with van der Waals surface area (Å²) in [4.78, 5) is 7.18. The monoisotopic (exact) mass is 262 g/mol. The standard InChI is InChI=1S/C15H26N4/c1-13-5-4-6-14(15(13)16)19-11-9-18(10-12-19)8-7-17(2)3/h4-6H,7-12,16H2,1-3H3. The maximum Gasteiger partial charge on any atom is 0.0603 e.